The first kappa shape index (κ1) is 20.5. The highest BCUT2D eigenvalue weighted by Gasteiger charge is 2.22. The van der Waals surface area contributed by atoms with Gasteiger partial charge in [0.25, 0.3) is 0 Å². The summed E-state index contributed by atoms with van der Waals surface area (Å²) < 4.78 is 5.27. The average Bonchev–Trinajstić information content (AvgIpc) is 2.57. The highest BCUT2D eigenvalue weighted by atomic mass is 35.5. The summed E-state index contributed by atoms with van der Waals surface area (Å²) in [5, 5.41) is 0.789. The van der Waals surface area contributed by atoms with Gasteiger partial charge in [-0.1, -0.05) is 74.3 Å². The second-order valence-corrected chi connectivity index (χ2v) is 8.02. The second-order valence-electron chi connectivity index (χ2n) is 7.20. The third-order valence-electron chi connectivity index (χ3n) is 4.10. The lowest BCUT2D eigenvalue weighted by Crippen LogP contribution is -2.25. The fraction of sp³-hybridized carbons (Fsp3) is 0.333. The number of halogens is 2. The van der Waals surface area contributed by atoms with Gasteiger partial charge in [-0.3, -0.25) is 9.59 Å². The molecule has 3 nitrogen and oxygen atoms in total. The fourth-order valence-electron chi connectivity index (χ4n) is 2.51. The molecule has 2 rings (SSSR count). The molecule has 0 fully saturated rings. The Bertz CT molecular complexity index is 785. The van der Waals surface area contributed by atoms with Gasteiger partial charge in [-0.15, -0.1) is 0 Å². The fourth-order valence-corrected chi connectivity index (χ4v) is 3.04. The van der Waals surface area contributed by atoms with Crippen LogP contribution in [0.1, 0.15) is 49.2 Å². The Hall–Kier alpha value is -1.84. The quantitative estimate of drug-likeness (QED) is 0.487. The predicted octanol–water partition coefficient (Wildman–Crippen LogP) is 5.65. The Morgan fingerprint density at radius 3 is 2.04 bits per heavy atom. The van der Waals surface area contributed by atoms with Gasteiger partial charge < -0.3 is 4.74 Å². The van der Waals surface area contributed by atoms with Crippen LogP contribution in [0.4, 0.5) is 0 Å². The Kier molecular flexibility index (Phi) is 6.48. The lowest BCUT2D eigenvalue weighted by atomic mass is 9.86. The molecule has 0 bridgehead atoms. The molecular formula is C21H22Cl2O3. The van der Waals surface area contributed by atoms with Crippen LogP contribution in [-0.4, -0.2) is 17.9 Å². The molecule has 0 aliphatic rings. The van der Waals surface area contributed by atoms with Crippen molar-refractivity contribution in [2.24, 2.45) is 0 Å². The lowest BCUT2D eigenvalue weighted by molar-refractivity contribution is -0.145. The van der Waals surface area contributed by atoms with E-state index in [1.165, 1.54) is 0 Å². The summed E-state index contributed by atoms with van der Waals surface area (Å²) in [6.07, 6.45) is -0.969. The van der Waals surface area contributed by atoms with Crippen molar-refractivity contribution in [2.75, 3.05) is 0 Å². The summed E-state index contributed by atoms with van der Waals surface area (Å²) in [4.78, 5) is 24.7. The molecule has 0 radical (unpaired) electrons. The zero-order valence-electron chi connectivity index (χ0n) is 15.3. The van der Waals surface area contributed by atoms with Gasteiger partial charge in [-0.05, 0) is 30.0 Å². The summed E-state index contributed by atoms with van der Waals surface area (Å²) in [5.41, 5.74) is 2.14. The monoisotopic (exact) mass is 392 g/mol. The van der Waals surface area contributed by atoms with Crippen LogP contribution in [0.15, 0.2) is 42.5 Å². The van der Waals surface area contributed by atoms with E-state index < -0.39 is 12.1 Å². The van der Waals surface area contributed by atoms with Crippen LogP contribution in [0.2, 0.25) is 10.0 Å². The van der Waals surface area contributed by atoms with E-state index in [1.54, 1.807) is 37.3 Å². The maximum absolute atomic E-state index is 12.5. The van der Waals surface area contributed by atoms with Crippen molar-refractivity contribution in [3.05, 3.63) is 69.2 Å². The molecule has 26 heavy (non-hydrogen) atoms. The molecular weight excluding hydrogens is 371 g/mol. The smallest absolute Gasteiger partial charge is 0.311 e. The van der Waals surface area contributed by atoms with E-state index in [2.05, 4.69) is 20.8 Å². The van der Waals surface area contributed by atoms with Gasteiger partial charge in [-0.2, -0.15) is 0 Å². The zero-order chi connectivity index (χ0) is 19.5. The number of benzene rings is 2. The standard InChI is InChI=1S/C21H22Cl2O3/c1-13(20(25)14-8-10-15(11-9-14)21(2,3)4)26-19(24)12-16-17(22)6-5-7-18(16)23/h5-11,13H,12H2,1-4H3/t13-/m0/s1. The molecule has 0 spiro atoms. The Morgan fingerprint density at radius 1 is 1.00 bits per heavy atom. The molecule has 1 atom stereocenters. The normalized spacial score (nSPS) is 12.5. The summed E-state index contributed by atoms with van der Waals surface area (Å²) in [7, 11) is 0. The van der Waals surface area contributed by atoms with E-state index in [1.807, 2.05) is 12.1 Å². The molecule has 0 aliphatic heterocycles. The number of Topliss-reactive ketones (excluding diaryl/α,β-unsaturated/α-hetero) is 1. The molecule has 2 aromatic carbocycles. The Morgan fingerprint density at radius 2 is 1.54 bits per heavy atom. The van der Waals surface area contributed by atoms with E-state index in [4.69, 9.17) is 27.9 Å². The molecule has 0 saturated carbocycles. The molecule has 0 unspecified atom stereocenters. The molecule has 0 N–H and O–H groups in total. The van der Waals surface area contributed by atoms with Crippen molar-refractivity contribution in [3.63, 3.8) is 0 Å². The summed E-state index contributed by atoms with van der Waals surface area (Å²) in [6, 6.07) is 12.4. The molecule has 0 saturated heterocycles. The van der Waals surface area contributed by atoms with E-state index in [9.17, 15) is 9.59 Å². The second kappa shape index (κ2) is 8.24. The molecule has 0 amide bonds. The maximum atomic E-state index is 12.5. The number of hydrogen-bond donors (Lipinski definition) is 0. The Balaban J connectivity index is 2.03. The zero-order valence-corrected chi connectivity index (χ0v) is 16.8. The van der Waals surface area contributed by atoms with E-state index in [0.717, 1.165) is 5.56 Å². The number of carbonyl (C=O) groups excluding carboxylic acids is 2. The van der Waals surface area contributed by atoms with Crippen molar-refractivity contribution < 1.29 is 14.3 Å². The first-order valence-corrected chi connectivity index (χ1v) is 9.12. The molecule has 0 aromatic heterocycles. The number of ether oxygens (including phenoxy) is 1. The van der Waals surface area contributed by atoms with E-state index in [0.29, 0.717) is 21.2 Å². The third kappa shape index (κ3) is 5.09. The molecule has 0 aliphatic carbocycles. The van der Waals surface area contributed by atoms with Crippen LogP contribution in [0, 0.1) is 0 Å². The van der Waals surface area contributed by atoms with Gasteiger partial charge in [-0.25, -0.2) is 0 Å². The average molecular weight is 393 g/mol. The number of carbonyl (C=O) groups is 2. The highest BCUT2D eigenvalue weighted by molar-refractivity contribution is 6.36. The van der Waals surface area contributed by atoms with Gasteiger partial charge in [0.2, 0.25) is 5.78 Å². The summed E-state index contributed by atoms with van der Waals surface area (Å²) >= 11 is 12.1. The van der Waals surface area contributed by atoms with Crippen molar-refractivity contribution >= 4 is 35.0 Å². The van der Waals surface area contributed by atoms with Crippen molar-refractivity contribution in [3.8, 4) is 0 Å². The summed E-state index contributed by atoms with van der Waals surface area (Å²) in [6.45, 7) is 7.88. The van der Waals surface area contributed by atoms with Crippen LogP contribution >= 0.6 is 23.2 Å². The third-order valence-corrected chi connectivity index (χ3v) is 4.80. The van der Waals surface area contributed by atoms with Crippen LogP contribution in [0.3, 0.4) is 0 Å². The van der Waals surface area contributed by atoms with Crippen LogP contribution in [0.5, 0.6) is 0 Å². The highest BCUT2D eigenvalue weighted by Crippen LogP contribution is 2.25. The lowest BCUT2D eigenvalue weighted by Gasteiger charge is -2.19. The van der Waals surface area contributed by atoms with Crippen molar-refractivity contribution in [2.45, 2.75) is 45.6 Å². The minimum atomic E-state index is -0.885. The number of hydrogen-bond acceptors (Lipinski definition) is 3. The van der Waals surface area contributed by atoms with Gasteiger partial charge in [0, 0.05) is 21.2 Å². The molecule has 0 heterocycles. The maximum Gasteiger partial charge on any atom is 0.311 e. The van der Waals surface area contributed by atoms with E-state index in [-0.39, 0.29) is 17.6 Å². The van der Waals surface area contributed by atoms with Gasteiger partial charge in [0.15, 0.2) is 6.10 Å². The number of ketones is 1. The molecule has 138 valence electrons. The molecule has 5 heteroatoms. The SMILES string of the molecule is C[C@H](OC(=O)Cc1c(Cl)cccc1Cl)C(=O)c1ccc(C(C)(C)C)cc1. The first-order valence-electron chi connectivity index (χ1n) is 8.36. The van der Waals surface area contributed by atoms with Gasteiger partial charge in [0.1, 0.15) is 0 Å². The molecule has 2 aromatic rings. The Labute approximate surface area is 164 Å². The van der Waals surface area contributed by atoms with Crippen LogP contribution in [0.25, 0.3) is 0 Å². The largest absolute Gasteiger partial charge is 0.454 e. The first-order chi connectivity index (χ1) is 12.1. The van der Waals surface area contributed by atoms with Gasteiger partial charge in [0.05, 0.1) is 6.42 Å². The van der Waals surface area contributed by atoms with Crippen molar-refractivity contribution in [1.82, 2.24) is 0 Å². The number of rotatable bonds is 5. The van der Waals surface area contributed by atoms with E-state index >= 15 is 0 Å². The summed E-state index contributed by atoms with van der Waals surface area (Å²) in [5.74, 6) is -0.795. The van der Waals surface area contributed by atoms with Gasteiger partial charge >= 0.3 is 5.97 Å². The minimum absolute atomic E-state index is 0.00782. The topological polar surface area (TPSA) is 43.4 Å². The van der Waals surface area contributed by atoms with Crippen LogP contribution in [-0.2, 0) is 21.4 Å². The van der Waals surface area contributed by atoms with Crippen molar-refractivity contribution in [1.29, 1.82) is 0 Å². The van der Waals surface area contributed by atoms with Crippen LogP contribution < -0.4 is 0 Å². The minimum Gasteiger partial charge on any atom is -0.454 e. The number of esters is 1. The predicted molar refractivity (Wildman–Crippen MR) is 105 cm³/mol.